The number of halogens is 3. The first-order valence-corrected chi connectivity index (χ1v) is 8.35. The molecular formula is C11H12F3NOSi. The molecule has 2 nitrogen and oxygen atoms in total. The number of nitrogens with zero attached hydrogens (tertiary/aromatic N) is 1. The highest BCUT2D eigenvalue weighted by atomic mass is 28.4. The van der Waals surface area contributed by atoms with Gasteiger partial charge in [-0.2, -0.15) is 18.4 Å². The number of hydrogen-bond donors (Lipinski definition) is 0. The summed E-state index contributed by atoms with van der Waals surface area (Å²) >= 11 is 0. The Morgan fingerprint density at radius 3 is 2.24 bits per heavy atom. The molecule has 0 amide bonds. The van der Waals surface area contributed by atoms with Crippen LogP contribution in [0.3, 0.4) is 0 Å². The Bertz CT molecular complexity index is 457. The van der Waals surface area contributed by atoms with Crippen LogP contribution in [0.5, 0.6) is 5.75 Å². The number of rotatable bonds is 2. The summed E-state index contributed by atoms with van der Waals surface area (Å²) in [5.41, 5.74) is -1.34. The SMILES string of the molecule is C[Si](C)(C)Oc1ccc(C(F)(F)F)c(C#N)c1. The van der Waals surface area contributed by atoms with Crippen LogP contribution in [0.15, 0.2) is 18.2 Å². The minimum Gasteiger partial charge on any atom is -0.544 e. The van der Waals surface area contributed by atoms with E-state index in [1.54, 1.807) is 6.07 Å². The van der Waals surface area contributed by atoms with E-state index in [1.165, 1.54) is 6.07 Å². The molecule has 0 heterocycles. The topological polar surface area (TPSA) is 33.0 Å². The van der Waals surface area contributed by atoms with Crippen molar-refractivity contribution >= 4 is 8.32 Å². The molecule has 0 aliphatic heterocycles. The van der Waals surface area contributed by atoms with E-state index in [4.69, 9.17) is 9.69 Å². The molecule has 0 aromatic heterocycles. The summed E-state index contributed by atoms with van der Waals surface area (Å²) in [6.45, 7) is 5.74. The van der Waals surface area contributed by atoms with Gasteiger partial charge in [0.25, 0.3) is 0 Å². The first-order valence-electron chi connectivity index (χ1n) is 4.94. The lowest BCUT2D eigenvalue weighted by molar-refractivity contribution is -0.137. The Hall–Kier alpha value is -1.48. The largest absolute Gasteiger partial charge is 0.544 e. The van der Waals surface area contributed by atoms with Gasteiger partial charge in [-0.1, -0.05) is 0 Å². The van der Waals surface area contributed by atoms with Crippen LogP contribution in [0.2, 0.25) is 19.6 Å². The van der Waals surface area contributed by atoms with Crippen LogP contribution >= 0.6 is 0 Å². The molecule has 0 spiro atoms. The van der Waals surface area contributed by atoms with Crippen LogP contribution in [0.1, 0.15) is 11.1 Å². The van der Waals surface area contributed by atoms with Gasteiger partial charge in [0.15, 0.2) is 0 Å². The molecule has 1 aromatic carbocycles. The molecule has 0 fully saturated rings. The smallest absolute Gasteiger partial charge is 0.417 e. The van der Waals surface area contributed by atoms with Crippen molar-refractivity contribution in [3.63, 3.8) is 0 Å². The predicted octanol–water partition coefficient (Wildman–Crippen LogP) is 3.79. The molecule has 0 aliphatic carbocycles. The Labute approximate surface area is 98.8 Å². The second-order valence-electron chi connectivity index (χ2n) is 4.53. The molecular weight excluding hydrogens is 247 g/mol. The molecule has 0 N–H and O–H groups in total. The molecule has 0 unspecified atom stereocenters. The van der Waals surface area contributed by atoms with Crippen LogP contribution in [0, 0.1) is 11.3 Å². The fourth-order valence-corrected chi connectivity index (χ4v) is 2.11. The Balaban J connectivity index is 3.15. The number of nitriles is 1. The summed E-state index contributed by atoms with van der Waals surface area (Å²) in [4.78, 5) is 0. The average Bonchev–Trinajstić information content (AvgIpc) is 2.13. The normalized spacial score (nSPS) is 12.1. The summed E-state index contributed by atoms with van der Waals surface area (Å²) in [5.74, 6) is 0.314. The van der Waals surface area contributed by atoms with E-state index >= 15 is 0 Å². The number of benzene rings is 1. The minimum absolute atomic E-state index is 0.314. The van der Waals surface area contributed by atoms with Gasteiger partial charge in [-0.15, -0.1) is 0 Å². The standard InChI is InChI=1S/C11H12F3NOSi/c1-17(2,3)16-9-4-5-10(11(12,13)14)8(6-9)7-15/h4-6H,1-3H3. The van der Waals surface area contributed by atoms with Gasteiger partial charge in [0.05, 0.1) is 17.2 Å². The molecule has 0 saturated heterocycles. The van der Waals surface area contributed by atoms with Crippen molar-refractivity contribution in [3.05, 3.63) is 29.3 Å². The van der Waals surface area contributed by atoms with E-state index < -0.39 is 25.6 Å². The van der Waals surface area contributed by atoms with Crippen molar-refractivity contribution in [2.24, 2.45) is 0 Å². The fraction of sp³-hybridized carbons (Fsp3) is 0.364. The zero-order valence-corrected chi connectivity index (χ0v) is 10.7. The van der Waals surface area contributed by atoms with E-state index in [0.29, 0.717) is 5.75 Å². The van der Waals surface area contributed by atoms with E-state index in [1.807, 2.05) is 19.6 Å². The number of hydrogen-bond acceptors (Lipinski definition) is 2. The van der Waals surface area contributed by atoms with Crippen LogP contribution < -0.4 is 4.43 Å². The summed E-state index contributed by atoms with van der Waals surface area (Å²) in [7, 11) is -1.89. The molecule has 17 heavy (non-hydrogen) atoms. The van der Waals surface area contributed by atoms with Gasteiger partial charge >= 0.3 is 6.18 Å². The molecule has 1 rings (SSSR count). The highest BCUT2D eigenvalue weighted by Gasteiger charge is 2.33. The molecule has 0 aliphatic rings. The maximum absolute atomic E-state index is 12.5. The third-order valence-electron chi connectivity index (χ3n) is 1.84. The van der Waals surface area contributed by atoms with E-state index in [9.17, 15) is 13.2 Å². The van der Waals surface area contributed by atoms with Crippen LogP contribution in [-0.4, -0.2) is 8.32 Å². The van der Waals surface area contributed by atoms with Crippen LogP contribution in [-0.2, 0) is 6.18 Å². The lowest BCUT2D eigenvalue weighted by atomic mass is 10.1. The number of alkyl halides is 3. The highest BCUT2D eigenvalue weighted by Crippen LogP contribution is 2.33. The average molecular weight is 259 g/mol. The molecule has 92 valence electrons. The van der Waals surface area contributed by atoms with Gasteiger partial charge in [-0.3, -0.25) is 0 Å². The summed E-state index contributed by atoms with van der Waals surface area (Å²) < 4.78 is 43.1. The highest BCUT2D eigenvalue weighted by molar-refractivity contribution is 6.70. The minimum atomic E-state index is -4.51. The molecule has 0 saturated carbocycles. The predicted molar refractivity (Wildman–Crippen MR) is 60.1 cm³/mol. The second-order valence-corrected chi connectivity index (χ2v) is 8.96. The van der Waals surface area contributed by atoms with Gasteiger partial charge in [0.2, 0.25) is 8.32 Å². The lowest BCUT2D eigenvalue weighted by Crippen LogP contribution is -2.29. The first-order chi connectivity index (χ1) is 7.63. The summed E-state index contributed by atoms with van der Waals surface area (Å²) in [5, 5.41) is 8.71. The first kappa shape index (κ1) is 13.6. The van der Waals surface area contributed by atoms with Gasteiger partial charge < -0.3 is 4.43 Å². The van der Waals surface area contributed by atoms with E-state index in [0.717, 1.165) is 12.1 Å². The lowest BCUT2D eigenvalue weighted by Gasteiger charge is -2.20. The molecule has 6 heteroatoms. The van der Waals surface area contributed by atoms with Crippen molar-refractivity contribution in [1.29, 1.82) is 5.26 Å². The van der Waals surface area contributed by atoms with Gasteiger partial charge in [0.1, 0.15) is 5.75 Å². The third-order valence-corrected chi connectivity index (χ3v) is 2.69. The zero-order chi connectivity index (χ0) is 13.3. The zero-order valence-electron chi connectivity index (χ0n) is 9.72. The summed E-state index contributed by atoms with van der Waals surface area (Å²) in [6, 6.07) is 4.82. The van der Waals surface area contributed by atoms with Crippen molar-refractivity contribution in [2.45, 2.75) is 25.8 Å². The Morgan fingerprint density at radius 1 is 1.24 bits per heavy atom. The molecule has 0 radical (unpaired) electrons. The summed E-state index contributed by atoms with van der Waals surface area (Å²) in [6.07, 6.45) is -4.51. The van der Waals surface area contributed by atoms with Crippen molar-refractivity contribution in [3.8, 4) is 11.8 Å². The van der Waals surface area contributed by atoms with E-state index in [2.05, 4.69) is 0 Å². The Morgan fingerprint density at radius 2 is 1.82 bits per heavy atom. The van der Waals surface area contributed by atoms with Crippen molar-refractivity contribution in [2.75, 3.05) is 0 Å². The van der Waals surface area contributed by atoms with E-state index in [-0.39, 0.29) is 0 Å². The monoisotopic (exact) mass is 259 g/mol. The maximum Gasteiger partial charge on any atom is 0.417 e. The quantitative estimate of drug-likeness (QED) is 0.757. The molecule has 0 atom stereocenters. The van der Waals surface area contributed by atoms with Gasteiger partial charge in [-0.25, -0.2) is 0 Å². The van der Waals surface area contributed by atoms with Crippen LogP contribution in [0.4, 0.5) is 13.2 Å². The van der Waals surface area contributed by atoms with Crippen molar-refractivity contribution in [1.82, 2.24) is 0 Å². The molecule has 0 bridgehead atoms. The van der Waals surface area contributed by atoms with Gasteiger partial charge in [0, 0.05) is 0 Å². The maximum atomic E-state index is 12.5. The van der Waals surface area contributed by atoms with Gasteiger partial charge in [-0.05, 0) is 37.8 Å². The third kappa shape index (κ3) is 3.78. The molecule has 1 aromatic rings. The van der Waals surface area contributed by atoms with Crippen molar-refractivity contribution < 1.29 is 17.6 Å². The fourth-order valence-electron chi connectivity index (χ4n) is 1.28. The van der Waals surface area contributed by atoms with Crippen LogP contribution in [0.25, 0.3) is 0 Å². The second kappa shape index (κ2) is 4.41. The Kier molecular flexibility index (Phi) is 3.53.